The van der Waals surface area contributed by atoms with Crippen molar-refractivity contribution in [3.8, 4) is 0 Å². The highest BCUT2D eigenvalue weighted by atomic mass is 32.2. The smallest absolute Gasteiger partial charge is 0.225 e. The second-order valence-electron chi connectivity index (χ2n) is 3.99. The molecule has 1 aromatic carbocycles. The quantitative estimate of drug-likeness (QED) is 0.815. The molecule has 0 spiro atoms. The maximum absolute atomic E-state index is 12.9. The van der Waals surface area contributed by atoms with Gasteiger partial charge in [0.1, 0.15) is 5.82 Å². The maximum Gasteiger partial charge on any atom is 0.225 e. The van der Waals surface area contributed by atoms with Crippen molar-refractivity contribution in [2.24, 2.45) is 0 Å². The van der Waals surface area contributed by atoms with Crippen LogP contribution in [0.5, 0.6) is 0 Å². The van der Waals surface area contributed by atoms with Gasteiger partial charge in [-0.3, -0.25) is 4.79 Å². The first-order valence-corrected chi connectivity index (χ1v) is 7.62. The lowest BCUT2D eigenvalue weighted by atomic mass is 10.3. The number of hydrogen-bond acceptors (Lipinski definition) is 3. The highest BCUT2D eigenvalue weighted by molar-refractivity contribution is 7.91. The van der Waals surface area contributed by atoms with Gasteiger partial charge in [-0.2, -0.15) is 0 Å². The van der Waals surface area contributed by atoms with Crippen molar-refractivity contribution in [2.75, 3.05) is 16.8 Å². The van der Waals surface area contributed by atoms with Gasteiger partial charge >= 0.3 is 0 Å². The zero-order valence-electron chi connectivity index (χ0n) is 10.6. The van der Waals surface area contributed by atoms with Crippen LogP contribution in [-0.2, 0) is 14.6 Å². The van der Waals surface area contributed by atoms with E-state index in [9.17, 15) is 17.6 Å². The van der Waals surface area contributed by atoms with Crippen molar-refractivity contribution in [1.82, 2.24) is 0 Å². The number of nitrogens with one attached hydrogen (secondary N) is 1. The van der Waals surface area contributed by atoms with Crippen molar-refractivity contribution >= 4 is 21.4 Å². The van der Waals surface area contributed by atoms with Crippen LogP contribution in [0.4, 0.5) is 10.1 Å². The molecule has 0 aliphatic carbocycles. The Morgan fingerprint density at radius 3 is 2.79 bits per heavy atom. The average molecular weight is 285 g/mol. The van der Waals surface area contributed by atoms with Crippen LogP contribution in [0.3, 0.4) is 0 Å². The molecule has 1 N–H and O–H groups in total. The molecular weight excluding hydrogens is 269 g/mol. The van der Waals surface area contributed by atoms with Gasteiger partial charge in [-0.15, -0.1) is 0 Å². The maximum atomic E-state index is 12.9. The monoisotopic (exact) mass is 285 g/mol. The Bertz CT molecular complexity index is 567. The summed E-state index contributed by atoms with van der Waals surface area (Å²) in [6, 6.07) is 5.44. The third kappa shape index (κ3) is 6.15. The van der Waals surface area contributed by atoms with Gasteiger partial charge in [0.25, 0.3) is 0 Å². The summed E-state index contributed by atoms with van der Waals surface area (Å²) in [6.45, 7) is 1.73. The van der Waals surface area contributed by atoms with Crippen LogP contribution in [0.1, 0.15) is 13.3 Å². The molecule has 1 amide bonds. The van der Waals surface area contributed by atoms with Gasteiger partial charge < -0.3 is 5.32 Å². The number of benzene rings is 1. The van der Waals surface area contributed by atoms with Gasteiger partial charge in [-0.1, -0.05) is 18.2 Å². The molecule has 0 aromatic heterocycles. The van der Waals surface area contributed by atoms with Crippen LogP contribution >= 0.6 is 0 Å². The second kappa shape index (κ2) is 7.04. The molecule has 1 rings (SSSR count). The molecular formula is C13H16FNO3S. The van der Waals surface area contributed by atoms with Crippen LogP contribution in [-0.4, -0.2) is 25.8 Å². The average Bonchev–Trinajstić information content (AvgIpc) is 2.34. The van der Waals surface area contributed by atoms with Crippen molar-refractivity contribution in [1.29, 1.82) is 0 Å². The number of sulfone groups is 1. The largest absolute Gasteiger partial charge is 0.326 e. The molecule has 0 aliphatic rings. The molecule has 104 valence electrons. The Morgan fingerprint density at radius 2 is 2.16 bits per heavy atom. The molecule has 4 nitrogen and oxygen atoms in total. The third-order valence-electron chi connectivity index (χ3n) is 2.33. The van der Waals surface area contributed by atoms with Crippen LogP contribution in [0.25, 0.3) is 0 Å². The van der Waals surface area contributed by atoms with Crippen molar-refractivity contribution in [3.63, 3.8) is 0 Å². The third-order valence-corrected chi connectivity index (χ3v) is 3.86. The van der Waals surface area contributed by atoms with Gasteiger partial charge in [-0.25, -0.2) is 12.8 Å². The Labute approximate surface area is 112 Å². The predicted molar refractivity (Wildman–Crippen MR) is 73.1 cm³/mol. The van der Waals surface area contributed by atoms with Crippen LogP contribution < -0.4 is 5.32 Å². The summed E-state index contributed by atoms with van der Waals surface area (Å²) in [5.41, 5.74) is 0.316. The Balaban J connectivity index is 2.48. The molecule has 0 saturated carbocycles. The lowest BCUT2D eigenvalue weighted by molar-refractivity contribution is -0.115. The first-order chi connectivity index (χ1) is 8.93. The lowest BCUT2D eigenvalue weighted by Gasteiger charge is -2.05. The molecule has 0 bridgehead atoms. The van der Waals surface area contributed by atoms with E-state index in [1.54, 1.807) is 13.0 Å². The van der Waals surface area contributed by atoms with E-state index in [1.165, 1.54) is 30.3 Å². The Hall–Kier alpha value is -1.69. The fraction of sp³-hybridized carbons (Fsp3) is 0.308. The lowest BCUT2D eigenvalue weighted by Crippen LogP contribution is -2.18. The first kappa shape index (κ1) is 15.4. The van der Waals surface area contributed by atoms with E-state index in [4.69, 9.17) is 0 Å². The van der Waals surface area contributed by atoms with Crippen molar-refractivity contribution < 1.29 is 17.6 Å². The van der Waals surface area contributed by atoms with Crippen molar-refractivity contribution in [3.05, 3.63) is 42.2 Å². The summed E-state index contributed by atoms with van der Waals surface area (Å²) in [4.78, 5) is 11.5. The van der Waals surface area contributed by atoms with Crippen LogP contribution in [0, 0.1) is 5.82 Å². The number of allylic oxidation sites excluding steroid dienone is 1. The van der Waals surface area contributed by atoms with E-state index in [0.29, 0.717) is 5.69 Å². The van der Waals surface area contributed by atoms with E-state index in [1.807, 2.05) is 0 Å². The second-order valence-corrected chi connectivity index (χ2v) is 6.22. The molecule has 0 atom stereocenters. The summed E-state index contributed by atoms with van der Waals surface area (Å²) < 4.78 is 35.9. The molecule has 1 aromatic rings. The van der Waals surface area contributed by atoms with E-state index >= 15 is 0 Å². The number of anilines is 1. The molecule has 0 fully saturated rings. The number of halogens is 1. The molecule has 0 heterocycles. The summed E-state index contributed by atoms with van der Waals surface area (Å²) >= 11 is 0. The van der Waals surface area contributed by atoms with Gasteiger partial charge in [0.2, 0.25) is 5.91 Å². The van der Waals surface area contributed by atoms with Gasteiger partial charge in [0, 0.05) is 12.1 Å². The minimum atomic E-state index is -3.26. The summed E-state index contributed by atoms with van der Waals surface area (Å²) in [6.07, 6.45) is 3.03. The highest BCUT2D eigenvalue weighted by Gasteiger charge is 2.12. The van der Waals surface area contributed by atoms with Gasteiger partial charge in [0.05, 0.1) is 11.5 Å². The molecule has 0 unspecified atom stereocenters. The van der Waals surface area contributed by atoms with Gasteiger partial charge in [-0.05, 0) is 25.1 Å². The van der Waals surface area contributed by atoms with E-state index in [2.05, 4.69) is 5.32 Å². The Morgan fingerprint density at radius 1 is 1.42 bits per heavy atom. The predicted octanol–water partition coefficient (Wildman–Crippen LogP) is 2.15. The minimum Gasteiger partial charge on any atom is -0.326 e. The first-order valence-electron chi connectivity index (χ1n) is 5.80. The number of carbonyl (C=O) groups is 1. The molecule has 0 saturated heterocycles. The van der Waals surface area contributed by atoms with E-state index in [-0.39, 0.29) is 17.9 Å². The van der Waals surface area contributed by atoms with E-state index in [0.717, 1.165) is 0 Å². The number of amides is 1. The summed E-state index contributed by atoms with van der Waals surface area (Å²) in [7, 11) is -3.26. The van der Waals surface area contributed by atoms with E-state index < -0.39 is 21.6 Å². The molecule has 19 heavy (non-hydrogen) atoms. The highest BCUT2D eigenvalue weighted by Crippen LogP contribution is 2.09. The summed E-state index contributed by atoms with van der Waals surface area (Å²) in [5.74, 6) is -1.21. The van der Waals surface area contributed by atoms with Crippen LogP contribution in [0.15, 0.2) is 36.4 Å². The molecule has 6 heteroatoms. The number of hydrogen-bond donors (Lipinski definition) is 1. The van der Waals surface area contributed by atoms with Crippen molar-refractivity contribution in [2.45, 2.75) is 13.3 Å². The SMILES string of the molecule is C/C=C/CS(=O)(=O)CCC(=O)Nc1cccc(F)c1. The number of rotatable bonds is 6. The Kier molecular flexibility index (Phi) is 5.69. The summed E-state index contributed by atoms with van der Waals surface area (Å²) in [5, 5.41) is 2.45. The minimum absolute atomic E-state index is 0.0727. The number of carbonyl (C=O) groups excluding carboxylic acids is 1. The zero-order valence-corrected chi connectivity index (χ0v) is 11.4. The fourth-order valence-electron chi connectivity index (χ4n) is 1.36. The normalized spacial score (nSPS) is 11.7. The van der Waals surface area contributed by atoms with Gasteiger partial charge in [0.15, 0.2) is 9.84 Å². The zero-order chi connectivity index (χ0) is 14.3. The fourth-order valence-corrected chi connectivity index (χ4v) is 2.51. The van der Waals surface area contributed by atoms with Crippen LogP contribution in [0.2, 0.25) is 0 Å². The topological polar surface area (TPSA) is 63.2 Å². The molecule has 0 radical (unpaired) electrons. The molecule has 0 aliphatic heterocycles. The standard InChI is InChI=1S/C13H16FNO3S/c1-2-3-8-19(17,18)9-7-13(16)15-12-6-4-5-11(14)10-12/h2-6,10H,7-9H2,1H3,(H,15,16)/b3-2+.